The molecule has 144 valence electrons. The summed E-state index contributed by atoms with van der Waals surface area (Å²) in [5, 5.41) is 7.36. The van der Waals surface area contributed by atoms with Crippen LogP contribution >= 0.6 is 0 Å². The van der Waals surface area contributed by atoms with E-state index in [0.29, 0.717) is 31.4 Å². The number of carbonyl (C=O) groups excluding carboxylic acids is 3. The molecule has 3 amide bonds. The molecule has 2 aromatic rings. The van der Waals surface area contributed by atoms with E-state index in [1.165, 1.54) is 0 Å². The molecule has 27 heavy (non-hydrogen) atoms. The summed E-state index contributed by atoms with van der Waals surface area (Å²) in [6.07, 6.45) is 1.82. The van der Waals surface area contributed by atoms with Gasteiger partial charge in [-0.1, -0.05) is 50.2 Å². The van der Waals surface area contributed by atoms with E-state index < -0.39 is 11.9 Å². The molecule has 0 saturated heterocycles. The lowest BCUT2D eigenvalue weighted by Crippen LogP contribution is -2.44. The molecule has 0 saturated carbocycles. The average molecular weight is 369 g/mol. The molecule has 0 heterocycles. The van der Waals surface area contributed by atoms with Crippen LogP contribution in [0.25, 0.3) is 10.8 Å². The maximum atomic E-state index is 12.7. The number of nitrogens with two attached hydrogens (primary N) is 1. The van der Waals surface area contributed by atoms with Gasteiger partial charge in [0.05, 0.1) is 0 Å². The lowest BCUT2D eigenvalue weighted by molar-refractivity contribution is -0.124. The van der Waals surface area contributed by atoms with E-state index in [9.17, 15) is 14.4 Å². The van der Waals surface area contributed by atoms with Gasteiger partial charge >= 0.3 is 0 Å². The summed E-state index contributed by atoms with van der Waals surface area (Å²) < 4.78 is 0. The maximum absolute atomic E-state index is 12.7. The molecule has 6 heteroatoms. The Morgan fingerprint density at radius 3 is 2.41 bits per heavy atom. The van der Waals surface area contributed by atoms with E-state index in [1.807, 2.05) is 50.2 Å². The van der Waals surface area contributed by atoms with Crippen LogP contribution in [0.3, 0.4) is 0 Å². The van der Waals surface area contributed by atoms with Gasteiger partial charge in [0, 0.05) is 18.0 Å². The molecule has 0 spiro atoms. The third kappa shape index (κ3) is 5.81. The highest BCUT2D eigenvalue weighted by Gasteiger charge is 2.19. The quantitative estimate of drug-likeness (QED) is 0.591. The van der Waals surface area contributed by atoms with Crippen molar-refractivity contribution in [2.45, 2.75) is 39.2 Å². The first kappa shape index (κ1) is 20.4. The number of primary amides is 1. The molecule has 0 aliphatic carbocycles. The predicted molar refractivity (Wildman–Crippen MR) is 106 cm³/mol. The van der Waals surface area contributed by atoms with Gasteiger partial charge < -0.3 is 16.4 Å². The van der Waals surface area contributed by atoms with Gasteiger partial charge in [-0.3, -0.25) is 14.4 Å². The molecule has 6 nitrogen and oxygen atoms in total. The number of hydrogen-bond acceptors (Lipinski definition) is 3. The Labute approximate surface area is 159 Å². The third-order valence-corrected chi connectivity index (χ3v) is 4.43. The van der Waals surface area contributed by atoms with E-state index in [-0.39, 0.29) is 17.7 Å². The number of hydrogen-bond donors (Lipinski definition) is 3. The first-order valence-electron chi connectivity index (χ1n) is 9.25. The minimum Gasteiger partial charge on any atom is -0.368 e. The van der Waals surface area contributed by atoms with Crippen molar-refractivity contribution in [3.05, 3.63) is 48.0 Å². The molecule has 0 bridgehead atoms. The number of rotatable bonds is 9. The van der Waals surface area contributed by atoms with Crippen LogP contribution in [0, 0.1) is 5.92 Å². The molecule has 2 rings (SSSR count). The second-order valence-electron chi connectivity index (χ2n) is 6.90. The lowest BCUT2D eigenvalue weighted by atomic mass is 10.0. The van der Waals surface area contributed by atoms with Crippen molar-refractivity contribution < 1.29 is 14.4 Å². The first-order chi connectivity index (χ1) is 12.9. The minimum absolute atomic E-state index is 0.00529. The molecular formula is C21H27N3O3. The Bertz CT molecular complexity index is 812. The van der Waals surface area contributed by atoms with Crippen molar-refractivity contribution in [1.82, 2.24) is 10.6 Å². The Morgan fingerprint density at radius 2 is 1.70 bits per heavy atom. The summed E-state index contributed by atoms with van der Waals surface area (Å²) in [5.41, 5.74) is 5.97. The Kier molecular flexibility index (Phi) is 7.34. The number of nitrogens with one attached hydrogen (secondary N) is 2. The largest absolute Gasteiger partial charge is 0.368 e. The Hall–Kier alpha value is -2.89. The number of benzene rings is 2. The van der Waals surface area contributed by atoms with Gasteiger partial charge in [0.1, 0.15) is 6.04 Å². The molecule has 0 fully saturated rings. The molecule has 0 aliphatic heterocycles. The summed E-state index contributed by atoms with van der Waals surface area (Å²) >= 11 is 0. The van der Waals surface area contributed by atoms with E-state index in [1.54, 1.807) is 6.07 Å². The van der Waals surface area contributed by atoms with Crippen LogP contribution in [-0.4, -0.2) is 30.3 Å². The van der Waals surface area contributed by atoms with E-state index >= 15 is 0 Å². The predicted octanol–water partition coefficient (Wildman–Crippen LogP) is 2.37. The van der Waals surface area contributed by atoms with Crippen LogP contribution in [0.5, 0.6) is 0 Å². The molecule has 1 unspecified atom stereocenters. The zero-order chi connectivity index (χ0) is 19.8. The molecule has 0 aliphatic rings. The zero-order valence-electron chi connectivity index (χ0n) is 15.8. The number of carbonyl (C=O) groups is 3. The highest BCUT2D eigenvalue weighted by atomic mass is 16.2. The summed E-state index contributed by atoms with van der Waals surface area (Å²) in [5.74, 6) is -0.924. The fourth-order valence-corrected chi connectivity index (χ4v) is 2.83. The van der Waals surface area contributed by atoms with Crippen LogP contribution in [0.4, 0.5) is 0 Å². The Balaban J connectivity index is 1.92. The summed E-state index contributed by atoms with van der Waals surface area (Å²) in [6, 6.07) is 12.3. The first-order valence-corrected chi connectivity index (χ1v) is 9.25. The van der Waals surface area contributed by atoms with Crippen molar-refractivity contribution in [3.63, 3.8) is 0 Å². The van der Waals surface area contributed by atoms with E-state index in [0.717, 1.165) is 10.8 Å². The van der Waals surface area contributed by atoms with Gasteiger partial charge in [-0.2, -0.15) is 0 Å². The van der Waals surface area contributed by atoms with Crippen molar-refractivity contribution in [3.8, 4) is 0 Å². The van der Waals surface area contributed by atoms with Gasteiger partial charge in [-0.05, 0) is 36.1 Å². The van der Waals surface area contributed by atoms with Crippen LogP contribution in [0.1, 0.15) is 43.5 Å². The second-order valence-corrected chi connectivity index (χ2v) is 6.90. The van der Waals surface area contributed by atoms with Crippen molar-refractivity contribution in [2.24, 2.45) is 11.7 Å². The zero-order valence-corrected chi connectivity index (χ0v) is 15.8. The normalized spacial score (nSPS) is 12.0. The van der Waals surface area contributed by atoms with Crippen LogP contribution in [0.15, 0.2) is 42.5 Å². The average Bonchev–Trinajstić information content (AvgIpc) is 2.65. The van der Waals surface area contributed by atoms with Crippen LogP contribution < -0.4 is 16.4 Å². The van der Waals surface area contributed by atoms with Crippen LogP contribution in [-0.2, 0) is 9.59 Å². The third-order valence-electron chi connectivity index (χ3n) is 4.43. The molecule has 1 atom stereocenters. The monoisotopic (exact) mass is 369 g/mol. The smallest absolute Gasteiger partial charge is 0.252 e. The number of fused-ring (bicyclic) bond motifs is 1. The second kappa shape index (κ2) is 9.71. The van der Waals surface area contributed by atoms with Gasteiger partial charge in [-0.25, -0.2) is 0 Å². The molecule has 0 radical (unpaired) electrons. The van der Waals surface area contributed by atoms with Gasteiger partial charge in [0.15, 0.2) is 0 Å². The standard InChI is InChI=1S/C21H27N3O3/c1-14(2)20(26)23-13-6-5-12-18(19(22)25)24-21(27)17-11-7-9-15-8-3-4-10-16(15)17/h3-4,7-11,14,18H,5-6,12-13H2,1-2H3,(H2,22,25)(H,23,26)(H,24,27). The number of unbranched alkanes of at least 4 members (excludes halogenated alkanes) is 1. The topological polar surface area (TPSA) is 101 Å². The van der Waals surface area contributed by atoms with Crippen molar-refractivity contribution >= 4 is 28.5 Å². The minimum atomic E-state index is -0.739. The molecule has 2 aromatic carbocycles. The number of amides is 3. The fourth-order valence-electron chi connectivity index (χ4n) is 2.83. The summed E-state index contributed by atoms with van der Waals surface area (Å²) in [7, 11) is 0. The van der Waals surface area contributed by atoms with Gasteiger partial charge in [0.2, 0.25) is 11.8 Å². The lowest BCUT2D eigenvalue weighted by Gasteiger charge is -2.16. The SMILES string of the molecule is CC(C)C(=O)NCCCCC(NC(=O)c1cccc2ccccc12)C(N)=O. The van der Waals surface area contributed by atoms with Crippen molar-refractivity contribution in [1.29, 1.82) is 0 Å². The summed E-state index contributed by atoms with van der Waals surface area (Å²) in [6.45, 7) is 4.21. The van der Waals surface area contributed by atoms with Crippen molar-refractivity contribution in [2.75, 3.05) is 6.54 Å². The molecule has 4 N–H and O–H groups in total. The summed E-state index contributed by atoms with van der Waals surface area (Å²) in [4.78, 5) is 35.9. The van der Waals surface area contributed by atoms with Gasteiger partial charge in [-0.15, -0.1) is 0 Å². The maximum Gasteiger partial charge on any atom is 0.252 e. The molecule has 0 aromatic heterocycles. The molecular weight excluding hydrogens is 342 g/mol. The highest BCUT2D eigenvalue weighted by molar-refractivity contribution is 6.08. The fraction of sp³-hybridized carbons (Fsp3) is 0.381. The van der Waals surface area contributed by atoms with Gasteiger partial charge in [0.25, 0.3) is 5.91 Å². The van der Waals surface area contributed by atoms with Crippen LogP contribution in [0.2, 0.25) is 0 Å². The van der Waals surface area contributed by atoms with E-state index in [2.05, 4.69) is 10.6 Å². The van der Waals surface area contributed by atoms with E-state index in [4.69, 9.17) is 5.73 Å². The Morgan fingerprint density at radius 1 is 1.00 bits per heavy atom. The highest BCUT2D eigenvalue weighted by Crippen LogP contribution is 2.18.